The molecule has 6 nitrogen and oxygen atoms in total. The van der Waals surface area contributed by atoms with Gasteiger partial charge in [-0.1, -0.05) is 17.7 Å². The monoisotopic (exact) mass is 408 g/mol. The predicted molar refractivity (Wildman–Crippen MR) is 115 cm³/mol. The van der Waals surface area contributed by atoms with E-state index in [1.54, 1.807) is 19.4 Å². The van der Waals surface area contributed by atoms with Crippen molar-refractivity contribution in [1.29, 1.82) is 5.41 Å². The Morgan fingerprint density at radius 1 is 1.14 bits per heavy atom. The highest BCUT2D eigenvalue weighted by atomic mass is 35.5. The van der Waals surface area contributed by atoms with Crippen molar-refractivity contribution in [2.45, 2.75) is 0 Å². The van der Waals surface area contributed by atoms with Gasteiger partial charge in [-0.15, -0.1) is 0 Å². The summed E-state index contributed by atoms with van der Waals surface area (Å²) in [5.74, 6) is 1.31. The number of nitrogens with zero attached hydrogens (tertiary/aromatic N) is 3. The standard InChI is InChI=1S/C22H21ClN4O2/c1-28-21(15-2-5-17(23)6-3-15)18-14-16(4-7-19(18)24)20-8-9-25-22(26-20)27-10-12-29-13-11-27/h2-9,14,24H,10-13H2,1H3/b21-18-,24-19?. The summed E-state index contributed by atoms with van der Waals surface area (Å²) in [5, 5.41) is 9.03. The number of rotatable bonds is 4. The van der Waals surface area contributed by atoms with E-state index in [1.165, 1.54) is 0 Å². The van der Waals surface area contributed by atoms with E-state index in [9.17, 15) is 0 Å². The molecule has 4 rings (SSSR count). The Morgan fingerprint density at radius 3 is 2.62 bits per heavy atom. The molecule has 0 unspecified atom stereocenters. The van der Waals surface area contributed by atoms with Gasteiger partial charge >= 0.3 is 0 Å². The maximum absolute atomic E-state index is 8.38. The lowest BCUT2D eigenvalue weighted by Gasteiger charge is -2.27. The SMILES string of the molecule is CO/C(=C1/C=C(c2ccnc(N3CCOCC3)n2)C=CC1=N)c1ccc(Cl)cc1. The quantitative estimate of drug-likeness (QED) is 0.774. The number of allylic oxidation sites excluding steroid dienone is 5. The van der Waals surface area contributed by atoms with Crippen molar-refractivity contribution in [1.82, 2.24) is 9.97 Å². The van der Waals surface area contributed by atoms with Crippen LogP contribution in [-0.2, 0) is 9.47 Å². The van der Waals surface area contributed by atoms with E-state index in [2.05, 4.69) is 9.88 Å². The van der Waals surface area contributed by atoms with Crippen molar-refractivity contribution >= 4 is 34.6 Å². The summed E-state index contributed by atoms with van der Waals surface area (Å²) in [5.41, 5.74) is 3.63. The topological polar surface area (TPSA) is 71.3 Å². The lowest BCUT2D eigenvalue weighted by molar-refractivity contribution is 0.122. The van der Waals surface area contributed by atoms with Crippen LogP contribution in [0.15, 0.2) is 60.3 Å². The van der Waals surface area contributed by atoms with Crippen LogP contribution in [0.1, 0.15) is 11.3 Å². The van der Waals surface area contributed by atoms with Crippen LogP contribution in [0.5, 0.6) is 0 Å². The van der Waals surface area contributed by atoms with Crippen molar-refractivity contribution in [3.8, 4) is 0 Å². The fourth-order valence-electron chi connectivity index (χ4n) is 3.30. The third kappa shape index (κ3) is 4.23. The average molecular weight is 409 g/mol. The van der Waals surface area contributed by atoms with Crippen LogP contribution in [0.3, 0.4) is 0 Å². The van der Waals surface area contributed by atoms with Gasteiger partial charge in [-0.25, -0.2) is 9.97 Å². The second-order valence-electron chi connectivity index (χ2n) is 6.64. The van der Waals surface area contributed by atoms with Gasteiger partial charge in [0.15, 0.2) is 0 Å². The normalized spacial score (nSPS) is 18.5. The molecule has 1 aromatic carbocycles. The van der Waals surface area contributed by atoms with Gasteiger partial charge in [-0.05, 0) is 42.5 Å². The first-order valence-corrected chi connectivity index (χ1v) is 9.72. The number of methoxy groups -OCH3 is 1. The van der Waals surface area contributed by atoms with Gasteiger partial charge in [0.25, 0.3) is 0 Å². The van der Waals surface area contributed by atoms with Crippen molar-refractivity contribution in [3.63, 3.8) is 0 Å². The zero-order chi connectivity index (χ0) is 20.2. The van der Waals surface area contributed by atoms with Crippen LogP contribution >= 0.6 is 11.6 Å². The highest BCUT2D eigenvalue weighted by molar-refractivity contribution is 6.30. The molecule has 148 valence electrons. The van der Waals surface area contributed by atoms with E-state index < -0.39 is 0 Å². The first kappa shape index (κ1) is 19.4. The molecule has 0 radical (unpaired) electrons. The molecule has 0 spiro atoms. The minimum absolute atomic E-state index is 0.378. The van der Waals surface area contributed by atoms with Gasteiger partial charge in [-0.3, -0.25) is 0 Å². The van der Waals surface area contributed by atoms with Crippen molar-refractivity contribution in [2.75, 3.05) is 38.3 Å². The molecule has 1 fully saturated rings. The average Bonchev–Trinajstić information content (AvgIpc) is 2.77. The molecule has 2 aliphatic rings. The largest absolute Gasteiger partial charge is 0.495 e. The van der Waals surface area contributed by atoms with Crippen molar-refractivity contribution in [3.05, 3.63) is 76.6 Å². The Balaban J connectivity index is 1.72. The zero-order valence-electron chi connectivity index (χ0n) is 16.1. The summed E-state index contributed by atoms with van der Waals surface area (Å²) in [4.78, 5) is 11.3. The number of ether oxygens (including phenoxy) is 2. The molecule has 2 heterocycles. The first-order chi connectivity index (χ1) is 14.2. The van der Waals surface area contributed by atoms with Gasteiger partial charge < -0.3 is 19.8 Å². The molecular formula is C22H21ClN4O2. The smallest absolute Gasteiger partial charge is 0.226 e. The molecule has 1 aliphatic carbocycles. The Labute approximate surface area is 174 Å². The number of hydrogen-bond donors (Lipinski definition) is 1. The number of hydrogen-bond acceptors (Lipinski definition) is 6. The molecule has 1 aromatic heterocycles. The molecule has 0 amide bonds. The molecule has 1 saturated heterocycles. The predicted octanol–water partition coefficient (Wildman–Crippen LogP) is 4.00. The van der Waals surface area contributed by atoms with E-state index >= 15 is 0 Å². The molecular weight excluding hydrogens is 388 g/mol. The summed E-state index contributed by atoms with van der Waals surface area (Å²) in [6, 6.07) is 9.26. The van der Waals surface area contributed by atoms with Crippen LogP contribution in [0.25, 0.3) is 11.3 Å². The summed E-state index contributed by atoms with van der Waals surface area (Å²) >= 11 is 6.01. The van der Waals surface area contributed by atoms with E-state index in [0.717, 1.165) is 29.9 Å². The van der Waals surface area contributed by atoms with E-state index in [0.29, 0.717) is 41.2 Å². The number of anilines is 1. The maximum atomic E-state index is 8.38. The lowest BCUT2D eigenvalue weighted by atomic mass is 9.95. The molecule has 0 atom stereocenters. The molecule has 29 heavy (non-hydrogen) atoms. The van der Waals surface area contributed by atoms with Gasteiger partial charge in [0.2, 0.25) is 5.95 Å². The van der Waals surface area contributed by atoms with Crippen LogP contribution < -0.4 is 4.90 Å². The summed E-state index contributed by atoms with van der Waals surface area (Å²) in [7, 11) is 1.61. The Kier molecular flexibility index (Phi) is 5.74. The van der Waals surface area contributed by atoms with Crippen LogP contribution in [0, 0.1) is 5.41 Å². The van der Waals surface area contributed by atoms with Gasteiger partial charge in [-0.2, -0.15) is 0 Å². The summed E-state index contributed by atoms with van der Waals surface area (Å²) in [6.45, 7) is 2.91. The number of nitrogens with one attached hydrogen (secondary N) is 1. The molecule has 0 bridgehead atoms. The van der Waals surface area contributed by atoms with E-state index in [4.69, 9.17) is 31.5 Å². The fourth-order valence-corrected chi connectivity index (χ4v) is 3.43. The van der Waals surface area contributed by atoms with E-state index in [1.807, 2.05) is 42.5 Å². The second kappa shape index (κ2) is 8.59. The maximum Gasteiger partial charge on any atom is 0.226 e. The Bertz CT molecular complexity index is 1010. The molecule has 2 aromatic rings. The van der Waals surface area contributed by atoms with Crippen LogP contribution in [-0.4, -0.2) is 49.1 Å². The van der Waals surface area contributed by atoms with Crippen molar-refractivity contribution < 1.29 is 9.47 Å². The lowest BCUT2D eigenvalue weighted by Crippen LogP contribution is -2.37. The highest BCUT2D eigenvalue weighted by Crippen LogP contribution is 2.29. The minimum atomic E-state index is 0.378. The fraction of sp³-hybridized carbons (Fsp3) is 0.227. The number of morpholine rings is 1. The molecule has 7 heteroatoms. The third-order valence-electron chi connectivity index (χ3n) is 4.81. The second-order valence-corrected chi connectivity index (χ2v) is 7.08. The molecule has 1 aliphatic heterocycles. The van der Waals surface area contributed by atoms with Gasteiger partial charge in [0.1, 0.15) is 5.76 Å². The Morgan fingerprint density at radius 2 is 1.90 bits per heavy atom. The van der Waals surface area contributed by atoms with Gasteiger partial charge in [0.05, 0.1) is 31.7 Å². The van der Waals surface area contributed by atoms with E-state index in [-0.39, 0.29) is 0 Å². The highest BCUT2D eigenvalue weighted by Gasteiger charge is 2.18. The summed E-state index contributed by atoms with van der Waals surface area (Å²) < 4.78 is 11.1. The number of aromatic nitrogens is 2. The summed E-state index contributed by atoms with van der Waals surface area (Å²) in [6.07, 6.45) is 7.35. The third-order valence-corrected chi connectivity index (χ3v) is 5.06. The van der Waals surface area contributed by atoms with Gasteiger partial charge in [0, 0.05) is 41.0 Å². The number of benzene rings is 1. The molecule has 0 saturated carbocycles. The number of halogens is 1. The van der Waals surface area contributed by atoms with Crippen molar-refractivity contribution in [2.24, 2.45) is 0 Å². The van der Waals surface area contributed by atoms with Crippen LogP contribution in [0.2, 0.25) is 5.02 Å². The van der Waals surface area contributed by atoms with Crippen LogP contribution in [0.4, 0.5) is 5.95 Å². The minimum Gasteiger partial charge on any atom is -0.495 e. The Hall–Kier alpha value is -2.96. The molecule has 1 N–H and O–H groups in total. The first-order valence-electron chi connectivity index (χ1n) is 9.35. The zero-order valence-corrected chi connectivity index (χ0v) is 16.8.